The molecule has 0 heterocycles. The van der Waals surface area contributed by atoms with Crippen molar-refractivity contribution in [2.75, 3.05) is 5.32 Å². The van der Waals surface area contributed by atoms with Gasteiger partial charge in [0.1, 0.15) is 5.69 Å². The van der Waals surface area contributed by atoms with Crippen LogP contribution in [0.25, 0.3) is 0 Å². The van der Waals surface area contributed by atoms with Gasteiger partial charge in [0.15, 0.2) is 0 Å². The normalized spacial score (nSPS) is 10.1. The fraction of sp³-hybridized carbons (Fsp3) is 0. The van der Waals surface area contributed by atoms with Gasteiger partial charge in [-0.15, -0.1) is 0 Å². The quantitative estimate of drug-likeness (QED) is 0.681. The molecule has 0 radical (unpaired) electrons. The van der Waals surface area contributed by atoms with Crippen LogP contribution in [-0.4, -0.2) is 9.85 Å². The molecule has 0 aliphatic carbocycles. The highest BCUT2D eigenvalue weighted by atomic mass is 35.5. The number of non-ortho nitro benzene ring substituents is 1. The van der Waals surface area contributed by atoms with Crippen molar-refractivity contribution in [3.63, 3.8) is 0 Å². The number of nitrogens with zero attached hydrogens (tertiary/aromatic N) is 2. The number of anilines is 2. The molecule has 0 atom stereocenters. The molecule has 0 unspecified atom stereocenters. The Hall–Kier alpha value is -2.67. The van der Waals surface area contributed by atoms with Crippen LogP contribution in [0.15, 0.2) is 42.5 Å². The zero-order valence-electron chi connectivity index (χ0n) is 9.95. The Labute approximate surface area is 118 Å². The number of hydrogen-bond acceptors (Lipinski definition) is 5. The van der Waals surface area contributed by atoms with Crippen molar-refractivity contribution in [1.82, 2.24) is 0 Å². The summed E-state index contributed by atoms with van der Waals surface area (Å²) in [6, 6.07) is 9.89. The highest BCUT2D eigenvalue weighted by molar-refractivity contribution is 6.33. The lowest BCUT2D eigenvalue weighted by molar-refractivity contribution is -0.384. The first-order chi connectivity index (χ1) is 9.49. The van der Waals surface area contributed by atoms with Crippen LogP contribution in [0, 0.1) is 20.2 Å². The predicted molar refractivity (Wildman–Crippen MR) is 74.5 cm³/mol. The van der Waals surface area contributed by atoms with Gasteiger partial charge in [0, 0.05) is 18.2 Å². The molecule has 102 valence electrons. The lowest BCUT2D eigenvalue weighted by atomic mass is 10.2. The van der Waals surface area contributed by atoms with E-state index in [4.69, 9.17) is 11.6 Å². The van der Waals surface area contributed by atoms with E-state index in [-0.39, 0.29) is 22.1 Å². The number of nitro groups is 2. The van der Waals surface area contributed by atoms with Crippen molar-refractivity contribution in [3.05, 3.63) is 67.7 Å². The molecule has 0 aromatic heterocycles. The fourth-order valence-corrected chi connectivity index (χ4v) is 1.82. The summed E-state index contributed by atoms with van der Waals surface area (Å²) in [5, 5.41) is 24.4. The molecule has 0 spiro atoms. The molecule has 1 N–H and O–H groups in total. The molecule has 2 aromatic carbocycles. The van der Waals surface area contributed by atoms with E-state index in [0.29, 0.717) is 5.69 Å². The maximum absolute atomic E-state index is 10.9. The molecule has 0 amide bonds. The number of nitrogens with one attached hydrogen (secondary N) is 1. The van der Waals surface area contributed by atoms with Crippen LogP contribution < -0.4 is 5.32 Å². The van der Waals surface area contributed by atoms with Crippen LogP contribution in [0.3, 0.4) is 0 Å². The Bertz CT molecular complexity index is 690. The zero-order valence-corrected chi connectivity index (χ0v) is 10.7. The molecule has 0 saturated carbocycles. The number of benzene rings is 2. The molecule has 20 heavy (non-hydrogen) atoms. The van der Waals surface area contributed by atoms with Crippen molar-refractivity contribution >= 4 is 34.4 Å². The second-order valence-electron chi connectivity index (χ2n) is 3.82. The topological polar surface area (TPSA) is 98.3 Å². The highest BCUT2D eigenvalue weighted by Gasteiger charge is 2.15. The van der Waals surface area contributed by atoms with Gasteiger partial charge in [0.05, 0.1) is 20.6 Å². The van der Waals surface area contributed by atoms with E-state index < -0.39 is 9.85 Å². The number of para-hydroxylation sites is 2. The summed E-state index contributed by atoms with van der Waals surface area (Å²) < 4.78 is 0. The van der Waals surface area contributed by atoms with Crippen molar-refractivity contribution < 1.29 is 9.85 Å². The standard InChI is InChI=1S/C12H8ClN3O4/c13-9-7-8(15(17)18)5-6-10(9)14-11-3-1-2-4-12(11)16(19)20/h1-7,14H. The van der Waals surface area contributed by atoms with Crippen LogP contribution in [0.5, 0.6) is 0 Å². The average Bonchev–Trinajstić information content (AvgIpc) is 2.41. The van der Waals surface area contributed by atoms with Crippen LogP contribution in [0.2, 0.25) is 5.02 Å². The third kappa shape index (κ3) is 2.83. The molecule has 2 rings (SSSR count). The van der Waals surface area contributed by atoms with Crippen molar-refractivity contribution in [2.45, 2.75) is 0 Å². The van der Waals surface area contributed by atoms with Crippen molar-refractivity contribution in [3.8, 4) is 0 Å². The van der Waals surface area contributed by atoms with Crippen LogP contribution in [-0.2, 0) is 0 Å². The van der Waals surface area contributed by atoms with E-state index in [0.717, 1.165) is 0 Å². The lowest BCUT2D eigenvalue weighted by Crippen LogP contribution is -1.97. The summed E-state index contributed by atoms with van der Waals surface area (Å²) in [6.45, 7) is 0. The summed E-state index contributed by atoms with van der Waals surface area (Å²) in [4.78, 5) is 20.4. The smallest absolute Gasteiger partial charge is 0.292 e. The van der Waals surface area contributed by atoms with Gasteiger partial charge >= 0.3 is 0 Å². The SMILES string of the molecule is O=[N+]([O-])c1ccc(Nc2ccccc2[N+](=O)[O-])c(Cl)c1. The third-order valence-electron chi connectivity index (χ3n) is 2.53. The van der Waals surface area contributed by atoms with Gasteiger partial charge in [-0.25, -0.2) is 0 Å². The predicted octanol–water partition coefficient (Wildman–Crippen LogP) is 3.90. The van der Waals surface area contributed by atoms with E-state index in [1.54, 1.807) is 12.1 Å². The van der Waals surface area contributed by atoms with Gasteiger partial charge in [0.2, 0.25) is 0 Å². The minimum atomic E-state index is -0.569. The first-order valence-electron chi connectivity index (χ1n) is 5.43. The summed E-state index contributed by atoms with van der Waals surface area (Å²) in [6.07, 6.45) is 0. The first-order valence-corrected chi connectivity index (χ1v) is 5.81. The van der Waals surface area contributed by atoms with Gasteiger partial charge in [-0.1, -0.05) is 23.7 Å². The minimum Gasteiger partial charge on any atom is -0.349 e. The monoisotopic (exact) mass is 293 g/mol. The number of rotatable bonds is 4. The summed E-state index contributed by atoms with van der Waals surface area (Å²) >= 11 is 5.92. The van der Waals surface area contributed by atoms with Gasteiger partial charge in [0.25, 0.3) is 11.4 Å². The minimum absolute atomic E-state index is 0.109. The summed E-state index contributed by atoms with van der Waals surface area (Å²) in [5.41, 5.74) is 0.352. The number of nitro benzene ring substituents is 2. The van der Waals surface area contributed by atoms with Gasteiger partial charge < -0.3 is 5.32 Å². The molecule has 0 aliphatic rings. The lowest BCUT2D eigenvalue weighted by Gasteiger charge is -2.08. The fourth-order valence-electron chi connectivity index (χ4n) is 1.60. The molecule has 0 saturated heterocycles. The third-order valence-corrected chi connectivity index (χ3v) is 2.85. The van der Waals surface area contributed by atoms with Gasteiger partial charge in [-0.05, 0) is 12.1 Å². The molecule has 0 bridgehead atoms. The van der Waals surface area contributed by atoms with E-state index in [9.17, 15) is 20.2 Å². The Kier molecular flexibility index (Phi) is 3.81. The number of hydrogen-bond donors (Lipinski definition) is 1. The summed E-state index contributed by atoms with van der Waals surface area (Å²) in [5.74, 6) is 0. The van der Waals surface area contributed by atoms with Crippen molar-refractivity contribution in [1.29, 1.82) is 0 Å². The molecule has 7 nitrogen and oxygen atoms in total. The number of halogens is 1. The zero-order chi connectivity index (χ0) is 14.7. The molecule has 2 aromatic rings. The van der Waals surface area contributed by atoms with Gasteiger partial charge in [-0.2, -0.15) is 0 Å². The molecule has 0 aliphatic heterocycles. The van der Waals surface area contributed by atoms with Gasteiger partial charge in [-0.3, -0.25) is 20.2 Å². The van der Waals surface area contributed by atoms with E-state index in [1.165, 1.54) is 30.3 Å². The molecule has 0 fully saturated rings. The Balaban J connectivity index is 2.36. The maximum Gasteiger partial charge on any atom is 0.292 e. The van der Waals surface area contributed by atoms with E-state index in [1.807, 2.05) is 0 Å². The van der Waals surface area contributed by atoms with E-state index in [2.05, 4.69) is 5.32 Å². The molecular formula is C12H8ClN3O4. The second kappa shape index (κ2) is 5.54. The van der Waals surface area contributed by atoms with Crippen LogP contribution >= 0.6 is 11.6 Å². The first kappa shape index (κ1) is 13.8. The van der Waals surface area contributed by atoms with Crippen LogP contribution in [0.1, 0.15) is 0 Å². The summed E-state index contributed by atoms with van der Waals surface area (Å²) in [7, 11) is 0. The molecule has 8 heteroatoms. The molecular weight excluding hydrogens is 286 g/mol. The van der Waals surface area contributed by atoms with Crippen molar-refractivity contribution in [2.24, 2.45) is 0 Å². The largest absolute Gasteiger partial charge is 0.349 e. The average molecular weight is 294 g/mol. The highest BCUT2D eigenvalue weighted by Crippen LogP contribution is 2.32. The van der Waals surface area contributed by atoms with Crippen LogP contribution in [0.4, 0.5) is 22.7 Å². The second-order valence-corrected chi connectivity index (χ2v) is 4.23. The maximum atomic E-state index is 10.9. The Morgan fingerprint density at radius 2 is 1.65 bits per heavy atom. The Morgan fingerprint density at radius 3 is 2.25 bits per heavy atom. The van der Waals surface area contributed by atoms with E-state index >= 15 is 0 Å². The Morgan fingerprint density at radius 1 is 0.950 bits per heavy atom.